The van der Waals surface area contributed by atoms with Gasteiger partial charge in [0, 0.05) is 40.5 Å². The molecule has 4 aliphatic rings. The topological polar surface area (TPSA) is 132 Å². The molecule has 2 atom stereocenters. The highest BCUT2D eigenvalue weighted by atomic mass is 32.1. The second-order valence-corrected chi connectivity index (χ2v) is 19.3. The van der Waals surface area contributed by atoms with Crippen molar-refractivity contribution in [3.63, 3.8) is 0 Å². The number of thiazole rings is 1. The van der Waals surface area contributed by atoms with Crippen LogP contribution in [0.25, 0.3) is 43.5 Å². The fraction of sp³-hybridized carbons (Fsp3) is 0.409. The zero-order valence-corrected chi connectivity index (χ0v) is 33.0. The first kappa shape index (κ1) is 35.7. The summed E-state index contributed by atoms with van der Waals surface area (Å²) in [7, 11) is 0. The van der Waals surface area contributed by atoms with E-state index in [-0.39, 0.29) is 39.0 Å². The van der Waals surface area contributed by atoms with Crippen LogP contribution in [0.1, 0.15) is 99.7 Å². The van der Waals surface area contributed by atoms with Gasteiger partial charge in [0.15, 0.2) is 10.8 Å². The molecule has 0 radical (unpaired) electrons. The number of carbonyl (C=O) groups is 2. The van der Waals surface area contributed by atoms with E-state index in [0.717, 1.165) is 60.1 Å². The van der Waals surface area contributed by atoms with E-state index in [1.165, 1.54) is 17.8 Å². The van der Waals surface area contributed by atoms with E-state index in [2.05, 4.69) is 54.6 Å². The van der Waals surface area contributed by atoms with Gasteiger partial charge in [0.1, 0.15) is 0 Å². The lowest BCUT2D eigenvalue weighted by molar-refractivity contribution is -0.275. The van der Waals surface area contributed by atoms with E-state index in [4.69, 9.17) is 14.8 Å². The molecule has 55 heavy (non-hydrogen) atoms. The highest BCUT2D eigenvalue weighted by molar-refractivity contribution is 7.22. The lowest BCUT2D eigenvalue weighted by Crippen LogP contribution is -2.65. The number of aromatic carboxylic acids is 1. The minimum absolute atomic E-state index is 0.0460. The number of nitrogens with zero attached hydrogens (tertiary/aromatic N) is 5. The van der Waals surface area contributed by atoms with Gasteiger partial charge >= 0.3 is 5.97 Å². The van der Waals surface area contributed by atoms with Crippen LogP contribution in [0.4, 0.5) is 5.13 Å². The Kier molecular flexibility index (Phi) is 7.95. The third-order valence-corrected chi connectivity index (χ3v) is 12.9. The first-order valence-electron chi connectivity index (χ1n) is 19.1. The number of rotatable bonds is 8. The summed E-state index contributed by atoms with van der Waals surface area (Å²) in [5.74, 6) is -1.43. The summed E-state index contributed by atoms with van der Waals surface area (Å²) < 4.78 is 10.1. The van der Waals surface area contributed by atoms with Gasteiger partial charge in [0.05, 0.1) is 44.4 Å². The molecular weight excluding hydrogens is 709 g/mol. The second-order valence-electron chi connectivity index (χ2n) is 18.3. The molecule has 4 heterocycles. The fourth-order valence-corrected chi connectivity index (χ4v) is 12.4. The molecule has 4 bridgehead atoms. The van der Waals surface area contributed by atoms with Crippen molar-refractivity contribution >= 4 is 49.5 Å². The predicted octanol–water partition coefficient (Wildman–Crippen LogP) is 9.96. The van der Waals surface area contributed by atoms with Crippen LogP contribution < -0.4 is 5.32 Å². The van der Waals surface area contributed by atoms with Crippen molar-refractivity contribution < 1.29 is 19.4 Å². The summed E-state index contributed by atoms with van der Waals surface area (Å²) in [6.07, 6.45) is 10.1. The first-order chi connectivity index (χ1) is 26.0. The van der Waals surface area contributed by atoms with Crippen LogP contribution in [-0.2, 0) is 11.3 Å². The number of fused-ring (bicyclic) bond motifs is 2. The van der Waals surface area contributed by atoms with E-state index < -0.39 is 5.97 Å². The zero-order chi connectivity index (χ0) is 38.5. The Balaban J connectivity index is 1.02. The van der Waals surface area contributed by atoms with Crippen LogP contribution in [0.3, 0.4) is 0 Å². The van der Waals surface area contributed by atoms with Gasteiger partial charge in [-0.1, -0.05) is 43.4 Å². The van der Waals surface area contributed by atoms with Crippen molar-refractivity contribution in [2.45, 2.75) is 97.8 Å². The Morgan fingerprint density at radius 1 is 0.909 bits per heavy atom. The number of hydrogen-bond acceptors (Lipinski definition) is 8. The van der Waals surface area contributed by atoms with Crippen LogP contribution in [0.5, 0.6) is 0 Å². The molecule has 0 aliphatic heterocycles. The lowest BCUT2D eigenvalue weighted by atomic mass is 9.39. The molecular formula is C44H46N6O4S. The maximum atomic E-state index is 13.6. The summed E-state index contributed by atoms with van der Waals surface area (Å²) in [6, 6.07) is 18.6. The average Bonchev–Trinajstić information content (AvgIpc) is 3.66. The quantitative estimate of drug-likeness (QED) is 0.157. The molecule has 11 heteroatoms. The zero-order valence-electron chi connectivity index (χ0n) is 32.2. The van der Waals surface area contributed by atoms with E-state index in [1.54, 1.807) is 18.5 Å². The Morgan fingerprint density at radius 2 is 1.67 bits per heavy atom. The average molecular weight is 755 g/mol. The summed E-state index contributed by atoms with van der Waals surface area (Å²) in [5, 5.41) is 19.5. The molecule has 282 valence electrons. The third-order valence-electron chi connectivity index (χ3n) is 11.9. The number of anilines is 1. The number of amides is 1. The highest BCUT2D eigenvalue weighted by Crippen LogP contribution is 2.72. The molecule has 0 saturated heterocycles. The van der Waals surface area contributed by atoms with Gasteiger partial charge in [-0.15, -0.1) is 0 Å². The van der Waals surface area contributed by atoms with Crippen LogP contribution >= 0.6 is 11.3 Å². The number of pyridine rings is 2. The Morgan fingerprint density at radius 3 is 2.40 bits per heavy atom. The van der Waals surface area contributed by atoms with Gasteiger partial charge in [0.25, 0.3) is 5.91 Å². The Hall–Kier alpha value is -5.00. The summed E-state index contributed by atoms with van der Waals surface area (Å²) in [4.78, 5) is 40.1. The molecule has 10 nitrogen and oxygen atoms in total. The van der Waals surface area contributed by atoms with Crippen LogP contribution in [0.2, 0.25) is 0 Å². The monoisotopic (exact) mass is 754 g/mol. The molecule has 4 aromatic heterocycles. The minimum atomic E-state index is -1.12. The predicted molar refractivity (Wildman–Crippen MR) is 215 cm³/mol. The van der Waals surface area contributed by atoms with Gasteiger partial charge in [-0.25, -0.2) is 14.8 Å². The second kappa shape index (κ2) is 12.2. The van der Waals surface area contributed by atoms with E-state index in [9.17, 15) is 14.7 Å². The van der Waals surface area contributed by atoms with Gasteiger partial charge in [-0.2, -0.15) is 5.10 Å². The SMILES string of the molecule is Cc1c(-c2ccc(-c3ccc4nccc(C(=O)Nc5nc6ccccc6s5)c4c3)nc2C(=O)O)cnn1CC12CC3(C)CC(C)(C1)CC(OC(C)(C)C)(C3)C2. The molecule has 4 saturated carbocycles. The number of aromatic nitrogens is 5. The van der Waals surface area contributed by atoms with Crippen molar-refractivity contribution in [1.82, 2.24) is 24.7 Å². The summed E-state index contributed by atoms with van der Waals surface area (Å²) in [5.41, 5.74) is 5.32. The fourth-order valence-electron chi connectivity index (χ4n) is 11.5. The molecule has 2 aromatic carbocycles. The molecule has 4 aliphatic carbocycles. The molecule has 1 amide bonds. The van der Waals surface area contributed by atoms with Crippen molar-refractivity contribution in [2.24, 2.45) is 16.2 Å². The van der Waals surface area contributed by atoms with Gasteiger partial charge in [-0.05, 0) is 125 Å². The van der Waals surface area contributed by atoms with Crippen molar-refractivity contribution in [3.05, 3.63) is 90.0 Å². The number of ether oxygens (including phenoxy) is 1. The minimum Gasteiger partial charge on any atom is -0.476 e. The van der Waals surface area contributed by atoms with Crippen molar-refractivity contribution in [1.29, 1.82) is 0 Å². The van der Waals surface area contributed by atoms with Crippen LogP contribution in [0, 0.1) is 23.2 Å². The van der Waals surface area contributed by atoms with Crippen molar-refractivity contribution in [3.8, 4) is 22.4 Å². The van der Waals surface area contributed by atoms with E-state index >= 15 is 0 Å². The number of hydrogen-bond donors (Lipinski definition) is 2. The highest BCUT2D eigenvalue weighted by Gasteiger charge is 2.66. The van der Waals surface area contributed by atoms with Crippen LogP contribution in [-0.4, -0.2) is 52.9 Å². The molecule has 2 unspecified atom stereocenters. The standard InChI is InChI=1S/C44H46N6O4S/c1-26-31(18-46-50(26)25-43-20-41(5)19-42(6,21-43)23-44(22-41,24-43)54-40(2,3)4)28-12-14-32(47-36(28)38(52)53)27-11-13-33-30(17-27)29(15-16-45-33)37(51)49-39-48-34-9-7-8-10-35(34)55-39/h7-18H,19-25H2,1-6H3,(H,52,53)(H,48,49,51). The van der Waals surface area contributed by atoms with Gasteiger partial charge in [-0.3, -0.25) is 19.8 Å². The first-order valence-corrected chi connectivity index (χ1v) is 19.9. The van der Waals surface area contributed by atoms with Crippen LogP contribution in [0.15, 0.2) is 73.1 Å². The largest absolute Gasteiger partial charge is 0.476 e. The summed E-state index contributed by atoms with van der Waals surface area (Å²) >= 11 is 1.41. The number of benzene rings is 2. The van der Waals surface area contributed by atoms with Gasteiger partial charge < -0.3 is 9.84 Å². The molecule has 2 N–H and O–H groups in total. The van der Waals surface area contributed by atoms with Crippen molar-refractivity contribution in [2.75, 3.05) is 5.32 Å². The number of carbonyl (C=O) groups excluding carboxylic acids is 1. The Labute approximate surface area is 324 Å². The lowest BCUT2D eigenvalue weighted by Gasteiger charge is -2.70. The maximum Gasteiger partial charge on any atom is 0.355 e. The number of carboxylic acids is 1. The van der Waals surface area contributed by atoms with E-state index in [0.29, 0.717) is 38.4 Å². The smallest absolute Gasteiger partial charge is 0.355 e. The molecule has 4 fully saturated rings. The number of para-hydroxylation sites is 1. The number of carboxylic acid groups (broad SMARTS) is 1. The maximum absolute atomic E-state index is 13.6. The Bertz CT molecular complexity index is 2490. The summed E-state index contributed by atoms with van der Waals surface area (Å²) in [6.45, 7) is 14.2. The van der Waals surface area contributed by atoms with E-state index in [1.807, 2.05) is 61.5 Å². The number of nitrogens with one attached hydrogen (secondary N) is 1. The third kappa shape index (κ3) is 6.40. The van der Waals surface area contributed by atoms with Gasteiger partial charge in [0.2, 0.25) is 0 Å². The molecule has 6 aromatic rings. The normalized spacial score (nSPS) is 25.9. The molecule has 0 spiro atoms. The molecule has 10 rings (SSSR count).